The van der Waals surface area contributed by atoms with E-state index in [2.05, 4.69) is 17.9 Å². The number of hydrogen-bond acceptors (Lipinski definition) is 2. The van der Waals surface area contributed by atoms with Gasteiger partial charge in [-0.15, -0.1) is 0 Å². The van der Waals surface area contributed by atoms with Gasteiger partial charge in [0.05, 0.1) is 6.07 Å². The molecule has 1 fully saturated rings. The highest BCUT2D eigenvalue weighted by molar-refractivity contribution is 4.73. The number of nitriles is 1. The summed E-state index contributed by atoms with van der Waals surface area (Å²) in [5.74, 6) is 0.955. The third kappa shape index (κ3) is 4.11. The molecule has 0 aliphatic carbocycles. The highest BCUT2D eigenvalue weighted by Crippen LogP contribution is 2.20. The Labute approximate surface area is 87.9 Å². The lowest BCUT2D eigenvalue weighted by Gasteiger charge is -2.19. The maximum atomic E-state index is 8.46. The zero-order chi connectivity index (χ0) is 10.2. The molecule has 0 radical (unpaired) electrons. The first-order chi connectivity index (χ1) is 6.86. The molecule has 0 amide bonds. The molecule has 0 N–H and O–H groups in total. The summed E-state index contributed by atoms with van der Waals surface area (Å²) in [6.07, 6.45) is 7.23. The molecule has 1 aliphatic heterocycles. The van der Waals surface area contributed by atoms with Crippen LogP contribution < -0.4 is 0 Å². The van der Waals surface area contributed by atoms with Gasteiger partial charge in [0.2, 0.25) is 0 Å². The maximum absolute atomic E-state index is 8.46. The molecule has 2 nitrogen and oxygen atoms in total. The number of likely N-dealkylation sites (tertiary alicyclic amines) is 1. The molecule has 0 saturated carbocycles. The van der Waals surface area contributed by atoms with Crippen molar-refractivity contribution >= 4 is 0 Å². The van der Waals surface area contributed by atoms with Gasteiger partial charge in [-0.3, -0.25) is 0 Å². The van der Waals surface area contributed by atoms with Gasteiger partial charge in [-0.2, -0.15) is 5.26 Å². The van der Waals surface area contributed by atoms with Gasteiger partial charge in [-0.1, -0.05) is 13.3 Å². The smallest absolute Gasteiger partial charge is 0.0622 e. The van der Waals surface area contributed by atoms with Crippen LogP contribution >= 0.6 is 0 Å². The predicted octanol–water partition coefficient (Wildman–Crippen LogP) is 2.80. The van der Waals surface area contributed by atoms with E-state index >= 15 is 0 Å². The molecule has 1 saturated heterocycles. The normalized spacial score (nSPS) is 24.1. The van der Waals surface area contributed by atoms with Gasteiger partial charge < -0.3 is 4.90 Å². The van der Waals surface area contributed by atoms with E-state index in [0.717, 1.165) is 18.9 Å². The molecule has 80 valence electrons. The van der Waals surface area contributed by atoms with E-state index in [1.54, 1.807) is 0 Å². The van der Waals surface area contributed by atoms with E-state index in [4.69, 9.17) is 5.26 Å². The molecular weight excluding hydrogens is 172 g/mol. The zero-order valence-electron chi connectivity index (χ0n) is 9.34. The van der Waals surface area contributed by atoms with E-state index in [1.807, 2.05) is 0 Å². The molecular formula is C12H22N2. The second-order valence-corrected chi connectivity index (χ2v) is 4.31. The molecule has 14 heavy (non-hydrogen) atoms. The molecule has 1 aliphatic rings. The van der Waals surface area contributed by atoms with Gasteiger partial charge in [0.15, 0.2) is 0 Å². The third-order valence-electron chi connectivity index (χ3n) is 3.28. The van der Waals surface area contributed by atoms with Crippen molar-refractivity contribution in [2.24, 2.45) is 5.92 Å². The fourth-order valence-corrected chi connectivity index (χ4v) is 2.24. The number of rotatable bonds is 4. The van der Waals surface area contributed by atoms with E-state index < -0.39 is 0 Å². The third-order valence-corrected chi connectivity index (χ3v) is 3.28. The Morgan fingerprint density at radius 1 is 1.36 bits per heavy atom. The Hall–Kier alpha value is -0.550. The van der Waals surface area contributed by atoms with Crippen LogP contribution in [0.25, 0.3) is 0 Å². The second kappa shape index (κ2) is 6.84. The van der Waals surface area contributed by atoms with Crippen molar-refractivity contribution < 1.29 is 0 Å². The first kappa shape index (κ1) is 11.5. The van der Waals surface area contributed by atoms with Crippen LogP contribution in [0.4, 0.5) is 0 Å². The van der Waals surface area contributed by atoms with Crippen molar-refractivity contribution in [1.29, 1.82) is 5.26 Å². The molecule has 1 atom stereocenters. The van der Waals surface area contributed by atoms with E-state index in [-0.39, 0.29) is 0 Å². The van der Waals surface area contributed by atoms with Gasteiger partial charge in [-0.05, 0) is 51.2 Å². The van der Waals surface area contributed by atoms with Gasteiger partial charge in [0.1, 0.15) is 0 Å². The fraction of sp³-hybridized carbons (Fsp3) is 0.917. The van der Waals surface area contributed by atoms with Crippen LogP contribution in [0.2, 0.25) is 0 Å². The Morgan fingerprint density at radius 3 is 2.93 bits per heavy atom. The van der Waals surface area contributed by atoms with Crippen LogP contribution in [-0.2, 0) is 0 Å². The Bertz CT molecular complexity index is 183. The van der Waals surface area contributed by atoms with Crippen LogP contribution in [0.5, 0.6) is 0 Å². The molecule has 0 aromatic carbocycles. The van der Waals surface area contributed by atoms with Gasteiger partial charge in [-0.25, -0.2) is 0 Å². The monoisotopic (exact) mass is 194 g/mol. The number of nitrogens with zero attached hydrogens (tertiary/aromatic N) is 2. The summed E-state index contributed by atoms with van der Waals surface area (Å²) in [6, 6.07) is 2.22. The molecule has 0 aromatic heterocycles. The van der Waals surface area contributed by atoms with Crippen molar-refractivity contribution in [3.05, 3.63) is 0 Å². The number of unbranched alkanes of at least 4 members (excludes halogenated alkanes) is 1. The van der Waals surface area contributed by atoms with Crippen molar-refractivity contribution in [3.8, 4) is 6.07 Å². The quantitative estimate of drug-likeness (QED) is 0.643. The Balaban J connectivity index is 2.18. The lowest BCUT2D eigenvalue weighted by molar-refractivity contribution is 0.278. The maximum Gasteiger partial charge on any atom is 0.0622 e. The minimum atomic E-state index is 0.716. The summed E-state index contributed by atoms with van der Waals surface area (Å²) >= 11 is 0. The lowest BCUT2D eigenvalue weighted by atomic mass is 9.98. The fourth-order valence-electron chi connectivity index (χ4n) is 2.24. The first-order valence-electron chi connectivity index (χ1n) is 5.96. The summed E-state index contributed by atoms with van der Waals surface area (Å²) in [7, 11) is 0. The zero-order valence-corrected chi connectivity index (χ0v) is 9.34. The van der Waals surface area contributed by atoms with Crippen LogP contribution in [0, 0.1) is 17.2 Å². The van der Waals surface area contributed by atoms with Crippen LogP contribution in [-0.4, -0.2) is 24.5 Å². The topological polar surface area (TPSA) is 27.0 Å². The summed E-state index contributed by atoms with van der Waals surface area (Å²) in [5.41, 5.74) is 0. The summed E-state index contributed by atoms with van der Waals surface area (Å²) < 4.78 is 0. The van der Waals surface area contributed by atoms with Crippen molar-refractivity contribution in [2.75, 3.05) is 19.6 Å². The van der Waals surface area contributed by atoms with Crippen molar-refractivity contribution in [2.45, 2.75) is 45.4 Å². The molecule has 1 unspecified atom stereocenters. The van der Waals surface area contributed by atoms with Crippen LogP contribution in [0.15, 0.2) is 0 Å². The van der Waals surface area contributed by atoms with Crippen molar-refractivity contribution in [1.82, 2.24) is 4.90 Å². The Kier molecular flexibility index (Phi) is 5.63. The lowest BCUT2D eigenvalue weighted by Crippen LogP contribution is -2.25. The Morgan fingerprint density at radius 2 is 2.21 bits per heavy atom. The van der Waals surface area contributed by atoms with Crippen LogP contribution in [0.3, 0.4) is 0 Å². The molecule has 1 heterocycles. The minimum Gasteiger partial charge on any atom is -0.303 e. The molecule has 0 bridgehead atoms. The molecule has 0 aromatic rings. The first-order valence-corrected chi connectivity index (χ1v) is 5.96. The molecule has 0 spiro atoms. The standard InChI is InChI=1S/C12H22N2/c1-2-12-6-5-10-14(11-7-12)9-4-3-8-13/h12H,2-7,9-11H2,1H3. The minimum absolute atomic E-state index is 0.716. The number of hydrogen-bond donors (Lipinski definition) is 0. The van der Waals surface area contributed by atoms with Crippen molar-refractivity contribution in [3.63, 3.8) is 0 Å². The average Bonchev–Trinajstić information content (AvgIpc) is 2.43. The van der Waals surface area contributed by atoms with Gasteiger partial charge >= 0.3 is 0 Å². The summed E-state index contributed by atoms with van der Waals surface area (Å²) in [5, 5.41) is 8.46. The van der Waals surface area contributed by atoms with E-state index in [0.29, 0.717) is 6.42 Å². The highest BCUT2D eigenvalue weighted by Gasteiger charge is 2.14. The largest absolute Gasteiger partial charge is 0.303 e. The molecule has 2 heteroatoms. The SMILES string of the molecule is CCC1CCCN(CCCC#N)CC1. The van der Waals surface area contributed by atoms with Gasteiger partial charge in [0, 0.05) is 6.42 Å². The van der Waals surface area contributed by atoms with E-state index in [1.165, 1.54) is 38.8 Å². The summed E-state index contributed by atoms with van der Waals surface area (Å²) in [6.45, 7) is 5.94. The van der Waals surface area contributed by atoms with Gasteiger partial charge in [0.25, 0.3) is 0 Å². The van der Waals surface area contributed by atoms with E-state index in [9.17, 15) is 0 Å². The molecule has 1 rings (SSSR count). The predicted molar refractivity (Wildman–Crippen MR) is 58.9 cm³/mol. The second-order valence-electron chi connectivity index (χ2n) is 4.31. The summed E-state index contributed by atoms with van der Waals surface area (Å²) in [4.78, 5) is 2.53. The average molecular weight is 194 g/mol. The highest BCUT2D eigenvalue weighted by atomic mass is 15.1. The van der Waals surface area contributed by atoms with Crippen LogP contribution in [0.1, 0.15) is 45.4 Å².